The minimum Gasteiger partial charge on any atom is -0.491 e. The van der Waals surface area contributed by atoms with E-state index in [0.29, 0.717) is 6.61 Å². The van der Waals surface area contributed by atoms with Gasteiger partial charge in [-0.2, -0.15) is 0 Å². The molecule has 0 bridgehead atoms. The monoisotopic (exact) mass is 289 g/mol. The summed E-state index contributed by atoms with van der Waals surface area (Å²) in [7, 11) is 0. The molecule has 0 aliphatic heterocycles. The van der Waals surface area contributed by atoms with Crippen LogP contribution in [0, 0.1) is 0 Å². The van der Waals surface area contributed by atoms with Gasteiger partial charge in [0.15, 0.2) is 0 Å². The molecular formula is C14H24ClNO3. The Morgan fingerprint density at radius 3 is 2.32 bits per heavy atom. The number of halogens is 1. The van der Waals surface area contributed by atoms with E-state index in [0.717, 1.165) is 38.1 Å². The smallest absolute Gasteiger partial charge is 0.119 e. The topological polar surface area (TPSA) is 61.7 Å². The molecule has 1 rings (SSSR count). The zero-order chi connectivity index (χ0) is 13.1. The molecule has 1 aromatic rings. The van der Waals surface area contributed by atoms with E-state index in [2.05, 4.69) is 5.32 Å². The summed E-state index contributed by atoms with van der Waals surface area (Å²) in [4.78, 5) is 0. The molecule has 4 nitrogen and oxygen atoms in total. The van der Waals surface area contributed by atoms with Crippen molar-refractivity contribution in [1.82, 2.24) is 5.32 Å². The second kappa shape index (κ2) is 12.2. The molecule has 0 aromatic heterocycles. The van der Waals surface area contributed by atoms with Gasteiger partial charge in [-0.25, -0.2) is 0 Å². The van der Waals surface area contributed by atoms with Gasteiger partial charge in [0.2, 0.25) is 0 Å². The summed E-state index contributed by atoms with van der Waals surface area (Å²) >= 11 is 0. The van der Waals surface area contributed by atoms with Crippen LogP contribution in [-0.4, -0.2) is 36.6 Å². The van der Waals surface area contributed by atoms with Crippen molar-refractivity contribution in [2.45, 2.75) is 25.8 Å². The van der Waals surface area contributed by atoms with E-state index in [1.165, 1.54) is 5.56 Å². The molecule has 0 aliphatic rings. The number of aliphatic hydroxyl groups is 2. The molecule has 0 saturated heterocycles. The highest BCUT2D eigenvalue weighted by molar-refractivity contribution is 5.85. The SMILES string of the molecule is Cl.OCCCCCNCc1ccc(OCCO)cc1. The summed E-state index contributed by atoms with van der Waals surface area (Å²) in [5, 5.41) is 20.6. The maximum atomic E-state index is 8.64. The first-order chi connectivity index (χ1) is 8.86. The van der Waals surface area contributed by atoms with Crippen LogP contribution >= 0.6 is 12.4 Å². The lowest BCUT2D eigenvalue weighted by atomic mass is 10.2. The van der Waals surface area contributed by atoms with Crippen molar-refractivity contribution in [1.29, 1.82) is 0 Å². The number of ether oxygens (including phenoxy) is 1. The van der Waals surface area contributed by atoms with Crippen molar-refractivity contribution in [3.8, 4) is 5.75 Å². The van der Waals surface area contributed by atoms with Gasteiger partial charge in [-0.3, -0.25) is 0 Å². The van der Waals surface area contributed by atoms with E-state index in [-0.39, 0.29) is 25.6 Å². The van der Waals surface area contributed by atoms with Crippen LogP contribution in [0.5, 0.6) is 5.75 Å². The maximum absolute atomic E-state index is 8.64. The number of nitrogens with one attached hydrogen (secondary N) is 1. The Bertz CT molecular complexity index is 306. The number of hydrogen-bond donors (Lipinski definition) is 3. The van der Waals surface area contributed by atoms with Gasteiger partial charge in [0.05, 0.1) is 6.61 Å². The van der Waals surface area contributed by atoms with E-state index in [1.807, 2.05) is 24.3 Å². The van der Waals surface area contributed by atoms with E-state index in [9.17, 15) is 0 Å². The number of hydrogen-bond acceptors (Lipinski definition) is 4. The third-order valence-corrected chi connectivity index (χ3v) is 2.62. The standard InChI is InChI=1S/C14H23NO3.ClH/c16-9-3-1-2-8-15-12-13-4-6-14(7-5-13)18-11-10-17;/h4-7,15-17H,1-3,8-12H2;1H. The molecule has 0 unspecified atom stereocenters. The second-order valence-corrected chi connectivity index (χ2v) is 4.18. The Morgan fingerprint density at radius 1 is 0.947 bits per heavy atom. The number of unbranched alkanes of at least 4 members (excludes halogenated alkanes) is 2. The van der Waals surface area contributed by atoms with Gasteiger partial charge in [0.25, 0.3) is 0 Å². The van der Waals surface area contributed by atoms with Crippen molar-refractivity contribution < 1.29 is 14.9 Å². The zero-order valence-corrected chi connectivity index (χ0v) is 12.0. The summed E-state index contributed by atoms with van der Waals surface area (Å²) < 4.78 is 5.29. The van der Waals surface area contributed by atoms with Gasteiger partial charge < -0.3 is 20.3 Å². The summed E-state index contributed by atoms with van der Waals surface area (Å²) in [6.07, 6.45) is 3.05. The van der Waals surface area contributed by atoms with Gasteiger partial charge in [-0.05, 0) is 43.5 Å². The molecule has 110 valence electrons. The minimum atomic E-state index is 0. The average molecular weight is 290 g/mol. The van der Waals surface area contributed by atoms with Gasteiger partial charge in [0.1, 0.15) is 12.4 Å². The van der Waals surface area contributed by atoms with Gasteiger partial charge >= 0.3 is 0 Å². The fraction of sp³-hybridized carbons (Fsp3) is 0.571. The molecule has 0 heterocycles. The van der Waals surface area contributed by atoms with Crippen molar-refractivity contribution in [3.63, 3.8) is 0 Å². The highest BCUT2D eigenvalue weighted by Gasteiger charge is 1.95. The summed E-state index contributed by atoms with van der Waals surface area (Å²) in [6, 6.07) is 7.87. The van der Waals surface area contributed by atoms with Crippen LogP contribution < -0.4 is 10.1 Å². The molecule has 0 radical (unpaired) electrons. The molecule has 5 heteroatoms. The van der Waals surface area contributed by atoms with Crippen LogP contribution in [0.2, 0.25) is 0 Å². The van der Waals surface area contributed by atoms with Crippen LogP contribution in [-0.2, 0) is 6.54 Å². The number of benzene rings is 1. The number of rotatable bonds is 10. The molecule has 0 spiro atoms. The van der Waals surface area contributed by atoms with Crippen LogP contribution in [0.4, 0.5) is 0 Å². The summed E-state index contributed by atoms with van der Waals surface area (Å²) in [5.41, 5.74) is 1.22. The fourth-order valence-electron chi connectivity index (χ4n) is 1.64. The molecule has 0 fully saturated rings. The van der Waals surface area contributed by atoms with Crippen LogP contribution in [0.25, 0.3) is 0 Å². The Labute approximate surface area is 121 Å². The highest BCUT2D eigenvalue weighted by atomic mass is 35.5. The molecule has 0 aliphatic carbocycles. The third kappa shape index (κ3) is 8.83. The Morgan fingerprint density at radius 2 is 1.68 bits per heavy atom. The summed E-state index contributed by atoms with van der Waals surface area (Å²) in [6.45, 7) is 2.48. The second-order valence-electron chi connectivity index (χ2n) is 4.18. The first-order valence-corrected chi connectivity index (χ1v) is 6.51. The molecule has 1 aromatic carbocycles. The fourth-order valence-corrected chi connectivity index (χ4v) is 1.64. The van der Waals surface area contributed by atoms with E-state index in [1.54, 1.807) is 0 Å². The normalized spacial score (nSPS) is 10.0. The van der Waals surface area contributed by atoms with E-state index < -0.39 is 0 Å². The van der Waals surface area contributed by atoms with Crippen molar-refractivity contribution in [3.05, 3.63) is 29.8 Å². The Kier molecular flexibility index (Phi) is 11.7. The van der Waals surface area contributed by atoms with Crippen molar-refractivity contribution >= 4 is 12.4 Å². The third-order valence-electron chi connectivity index (χ3n) is 2.62. The lowest BCUT2D eigenvalue weighted by molar-refractivity contribution is 0.201. The van der Waals surface area contributed by atoms with E-state index >= 15 is 0 Å². The van der Waals surface area contributed by atoms with Gasteiger partial charge in [0, 0.05) is 13.2 Å². The molecule has 0 saturated carbocycles. The Balaban J connectivity index is 0.00000324. The molecule has 0 atom stereocenters. The lowest BCUT2D eigenvalue weighted by Gasteiger charge is -2.07. The minimum absolute atomic E-state index is 0. The maximum Gasteiger partial charge on any atom is 0.119 e. The van der Waals surface area contributed by atoms with E-state index in [4.69, 9.17) is 14.9 Å². The Hall–Kier alpha value is -0.810. The van der Waals surface area contributed by atoms with Crippen molar-refractivity contribution in [2.24, 2.45) is 0 Å². The first-order valence-electron chi connectivity index (χ1n) is 6.51. The van der Waals surface area contributed by atoms with Crippen LogP contribution in [0.1, 0.15) is 24.8 Å². The van der Waals surface area contributed by atoms with Crippen LogP contribution in [0.15, 0.2) is 24.3 Å². The van der Waals surface area contributed by atoms with Crippen LogP contribution in [0.3, 0.4) is 0 Å². The molecular weight excluding hydrogens is 266 g/mol. The van der Waals surface area contributed by atoms with Crippen molar-refractivity contribution in [2.75, 3.05) is 26.4 Å². The largest absolute Gasteiger partial charge is 0.491 e. The predicted molar refractivity (Wildman–Crippen MR) is 78.9 cm³/mol. The highest BCUT2D eigenvalue weighted by Crippen LogP contribution is 2.11. The lowest BCUT2D eigenvalue weighted by Crippen LogP contribution is -2.14. The molecule has 0 amide bonds. The quantitative estimate of drug-likeness (QED) is 0.574. The van der Waals surface area contributed by atoms with Gasteiger partial charge in [-0.1, -0.05) is 12.1 Å². The predicted octanol–water partition coefficient (Wildman–Crippen LogP) is 1.73. The summed E-state index contributed by atoms with van der Waals surface area (Å²) in [5.74, 6) is 0.788. The average Bonchev–Trinajstić information content (AvgIpc) is 2.42. The zero-order valence-electron chi connectivity index (χ0n) is 11.2. The first kappa shape index (κ1) is 18.2. The van der Waals surface area contributed by atoms with Gasteiger partial charge in [-0.15, -0.1) is 12.4 Å². The molecule has 3 N–H and O–H groups in total. The molecule has 19 heavy (non-hydrogen) atoms. The number of aliphatic hydroxyl groups excluding tert-OH is 2.